The first-order valence-corrected chi connectivity index (χ1v) is 12.3. The molecule has 3 aromatic carbocycles. The number of nitrogens with zero attached hydrogens (tertiary/aromatic N) is 1. The summed E-state index contributed by atoms with van der Waals surface area (Å²) in [7, 11) is -3.50. The fraction of sp³-hybridized carbons (Fsp3) is 0.360. The maximum absolute atomic E-state index is 12.8. The van der Waals surface area contributed by atoms with Gasteiger partial charge in [-0.05, 0) is 68.3 Å². The van der Waals surface area contributed by atoms with Crippen molar-refractivity contribution in [3.63, 3.8) is 0 Å². The van der Waals surface area contributed by atoms with E-state index in [9.17, 15) is 8.42 Å². The predicted octanol–water partition coefficient (Wildman–Crippen LogP) is 4.46. The Morgan fingerprint density at radius 1 is 0.867 bits per heavy atom. The first-order chi connectivity index (χ1) is 14.6. The van der Waals surface area contributed by atoms with Gasteiger partial charge in [0.15, 0.2) is 0 Å². The molecule has 0 aromatic heterocycles. The molecule has 0 saturated carbocycles. The Hall–Kier alpha value is -2.21. The number of hydrogen-bond donors (Lipinski definition) is 1. The first kappa shape index (κ1) is 21.0. The molecular formula is C25H30N2O2S. The molecule has 0 radical (unpaired) electrons. The van der Waals surface area contributed by atoms with Crippen molar-refractivity contribution in [2.45, 2.75) is 30.6 Å². The number of nitrogens with one attached hydrogen (secondary N) is 1. The number of benzene rings is 3. The topological polar surface area (TPSA) is 49.4 Å². The van der Waals surface area contributed by atoms with Crippen LogP contribution in [-0.2, 0) is 16.4 Å². The second-order valence-electron chi connectivity index (χ2n) is 8.20. The molecular weight excluding hydrogens is 392 g/mol. The third-order valence-corrected chi connectivity index (χ3v) is 7.58. The van der Waals surface area contributed by atoms with E-state index in [2.05, 4.69) is 40.0 Å². The molecule has 5 heteroatoms. The lowest BCUT2D eigenvalue weighted by molar-refractivity contribution is 0.183. The minimum atomic E-state index is -3.50. The summed E-state index contributed by atoms with van der Waals surface area (Å²) in [5, 5.41) is 1.71. The summed E-state index contributed by atoms with van der Waals surface area (Å²) >= 11 is 0. The lowest BCUT2D eigenvalue weighted by Crippen LogP contribution is -2.36. The quantitative estimate of drug-likeness (QED) is 0.545. The molecule has 4 rings (SSSR count). The molecule has 1 N–H and O–H groups in total. The fourth-order valence-electron chi connectivity index (χ4n) is 4.38. The van der Waals surface area contributed by atoms with Crippen molar-refractivity contribution >= 4 is 20.8 Å². The van der Waals surface area contributed by atoms with Gasteiger partial charge in [0, 0.05) is 11.9 Å². The molecule has 1 heterocycles. The van der Waals surface area contributed by atoms with Crippen molar-refractivity contribution in [1.29, 1.82) is 0 Å². The molecule has 0 bridgehead atoms. The summed E-state index contributed by atoms with van der Waals surface area (Å²) in [5.41, 5.74) is 1.43. The fourth-order valence-corrected chi connectivity index (χ4v) is 5.68. The molecule has 1 aliphatic heterocycles. The van der Waals surface area contributed by atoms with Crippen molar-refractivity contribution in [2.24, 2.45) is 5.92 Å². The molecule has 1 aliphatic rings. The Bertz CT molecular complexity index is 1050. The zero-order valence-corrected chi connectivity index (χ0v) is 18.2. The van der Waals surface area contributed by atoms with Gasteiger partial charge in [-0.15, -0.1) is 0 Å². The molecule has 0 atom stereocenters. The number of fused-ring (bicyclic) bond motifs is 1. The maximum Gasteiger partial charge on any atom is 0.241 e. The van der Waals surface area contributed by atoms with E-state index in [-0.39, 0.29) is 0 Å². The van der Waals surface area contributed by atoms with Gasteiger partial charge in [-0.25, -0.2) is 13.1 Å². The van der Waals surface area contributed by atoms with Crippen LogP contribution in [0.1, 0.15) is 24.8 Å². The van der Waals surface area contributed by atoms with E-state index in [4.69, 9.17) is 0 Å². The number of sulfonamides is 1. The van der Waals surface area contributed by atoms with E-state index in [0.29, 0.717) is 11.4 Å². The van der Waals surface area contributed by atoms with Crippen LogP contribution >= 0.6 is 0 Å². The average molecular weight is 423 g/mol. The van der Waals surface area contributed by atoms with E-state index in [1.165, 1.54) is 24.8 Å². The number of likely N-dealkylation sites (tertiary alicyclic amines) is 1. The molecule has 1 fully saturated rings. The Morgan fingerprint density at radius 2 is 1.57 bits per heavy atom. The monoisotopic (exact) mass is 422 g/mol. The molecule has 158 valence electrons. The lowest BCUT2D eigenvalue weighted by Gasteiger charge is -2.32. The summed E-state index contributed by atoms with van der Waals surface area (Å²) < 4.78 is 28.4. The minimum Gasteiger partial charge on any atom is -0.303 e. The van der Waals surface area contributed by atoms with Crippen molar-refractivity contribution in [3.8, 4) is 0 Å². The average Bonchev–Trinajstić information content (AvgIpc) is 2.78. The second kappa shape index (κ2) is 9.73. The first-order valence-electron chi connectivity index (χ1n) is 10.9. The van der Waals surface area contributed by atoms with E-state index >= 15 is 0 Å². The SMILES string of the molecule is O=S(=O)(NCCCN1CCC(Cc2ccccc2)CC1)c1cccc2ccccc12. The molecule has 3 aromatic rings. The van der Waals surface area contributed by atoms with Gasteiger partial charge >= 0.3 is 0 Å². The van der Waals surface area contributed by atoms with Crippen LogP contribution < -0.4 is 4.72 Å². The highest BCUT2D eigenvalue weighted by atomic mass is 32.2. The lowest BCUT2D eigenvalue weighted by atomic mass is 9.90. The Kier molecular flexibility index (Phi) is 6.82. The van der Waals surface area contributed by atoms with Crippen LogP contribution in [0.4, 0.5) is 0 Å². The van der Waals surface area contributed by atoms with Crippen LogP contribution in [-0.4, -0.2) is 39.5 Å². The molecule has 0 spiro atoms. The van der Waals surface area contributed by atoms with Gasteiger partial charge in [-0.1, -0.05) is 66.7 Å². The van der Waals surface area contributed by atoms with Gasteiger partial charge < -0.3 is 4.90 Å². The predicted molar refractivity (Wildman–Crippen MR) is 123 cm³/mol. The molecule has 0 amide bonds. The number of piperidine rings is 1. The van der Waals surface area contributed by atoms with E-state index in [1.54, 1.807) is 12.1 Å². The normalized spacial score (nSPS) is 16.1. The largest absolute Gasteiger partial charge is 0.303 e. The molecule has 0 unspecified atom stereocenters. The molecule has 1 saturated heterocycles. The summed E-state index contributed by atoms with van der Waals surface area (Å²) in [6, 6.07) is 23.8. The van der Waals surface area contributed by atoms with Gasteiger partial charge in [-0.3, -0.25) is 0 Å². The summed E-state index contributed by atoms with van der Waals surface area (Å²) in [5.74, 6) is 0.758. The van der Waals surface area contributed by atoms with E-state index < -0.39 is 10.0 Å². The van der Waals surface area contributed by atoms with Crippen molar-refractivity contribution < 1.29 is 8.42 Å². The van der Waals surface area contributed by atoms with E-state index in [0.717, 1.165) is 42.7 Å². The van der Waals surface area contributed by atoms with Crippen molar-refractivity contribution in [3.05, 3.63) is 78.4 Å². The molecule has 4 nitrogen and oxygen atoms in total. The van der Waals surface area contributed by atoms with Gasteiger partial charge in [0.25, 0.3) is 0 Å². The molecule has 30 heavy (non-hydrogen) atoms. The summed E-state index contributed by atoms with van der Waals surface area (Å²) in [6.07, 6.45) is 4.43. The third kappa shape index (κ3) is 5.28. The number of hydrogen-bond acceptors (Lipinski definition) is 3. The van der Waals surface area contributed by atoms with Gasteiger partial charge in [0.2, 0.25) is 10.0 Å². The Morgan fingerprint density at radius 3 is 2.37 bits per heavy atom. The van der Waals surface area contributed by atoms with Crippen LogP contribution in [0.5, 0.6) is 0 Å². The van der Waals surface area contributed by atoms with Crippen LogP contribution in [0.25, 0.3) is 10.8 Å². The van der Waals surface area contributed by atoms with Crippen LogP contribution in [0, 0.1) is 5.92 Å². The third-order valence-electron chi connectivity index (χ3n) is 6.06. The zero-order valence-electron chi connectivity index (χ0n) is 17.3. The Labute approximate surface area is 180 Å². The summed E-state index contributed by atoms with van der Waals surface area (Å²) in [6.45, 7) is 3.62. The minimum absolute atomic E-state index is 0.363. The number of rotatable bonds is 8. The maximum atomic E-state index is 12.8. The van der Waals surface area contributed by atoms with Gasteiger partial charge in [-0.2, -0.15) is 0 Å². The van der Waals surface area contributed by atoms with Crippen molar-refractivity contribution in [2.75, 3.05) is 26.2 Å². The van der Waals surface area contributed by atoms with Gasteiger partial charge in [0.1, 0.15) is 0 Å². The smallest absolute Gasteiger partial charge is 0.241 e. The summed E-state index contributed by atoms with van der Waals surface area (Å²) in [4.78, 5) is 2.83. The highest BCUT2D eigenvalue weighted by Crippen LogP contribution is 2.23. The molecule has 0 aliphatic carbocycles. The van der Waals surface area contributed by atoms with Crippen LogP contribution in [0.15, 0.2) is 77.7 Å². The van der Waals surface area contributed by atoms with Gasteiger partial charge in [0.05, 0.1) is 4.90 Å². The standard InChI is InChI=1S/C25H30N2O2S/c28-30(29,25-13-6-11-23-10-4-5-12-24(23)25)26-16-7-17-27-18-14-22(15-19-27)20-21-8-2-1-3-9-21/h1-6,8-13,22,26H,7,14-20H2. The van der Waals surface area contributed by atoms with E-state index in [1.807, 2.05) is 30.3 Å². The highest BCUT2D eigenvalue weighted by molar-refractivity contribution is 7.89. The zero-order chi connectivity index (χ0) is 20.8. The van der Waals surface area contributed by atoms with Crippen LogP contribution in [0.2, 0.25) is 0 Å². The second-order valence-corrected chi connectivity index (χ2v) is 9.94. The highest BCUT2D eigenvalue weighted by Gasteiger charge is 2.20. The Balaban J connectivity index is 1.22. The van der Waals surface area contributed by atoms with Crippen LogP contribution in [0.3, 0.4) is 0 Å². The van der Waals surface area contributed by atoms with Crippen molar-refractivity contribution in [1.82, 2.24) is 9.62 Å².